The average Bonchev–Trinajstić information content (AvgIpc) is 3.15. The van der Waals surface area contributed by atoms with E-state index >= 15 is 0 Å². The fourth-order valence-corrected chi connectivity index (χ4v) is 8.04. The van der Waals surface area contributed by atoms with E-state index in [4.69, 9.17) is 23.7 Å². The zero-order valence-corrected chi connectivity index (χ0v) is 17.8. The summed E-state index contributed by atoms with van der Waals surface area (Å²) in [5.41, 5.74) is -1.56. The summed E-state index contributed by atoms with van der Waals surface area (Å²) in [6, 6.07) is 0. The van der Waals surface area contributed by atoms with E-state index in [1.54, 1.807) is 0 Å². The van der Waals surface area contributed by atoms with Gasteiger partial charge >= 0.3 is 5.97 Å². The Morgan fingerprint density at radius 2 is 1.87 bits per heavy atom. The highest BCUT2D eigenvalue weighted by Gasteiger charge is 2.82. The molecule has 0 radical (unpaired) electrons. The van der Waals surface area contributed by atoms with Crippen LogP contribution in [0.2, 0.25) is 0 Å². The first-order chi connectivity index (χ1) is 14.2. The second kappa shape index (κ2) is 6.17. The number of esters is 1. The number of carbonyl (C=O) groups is 1. The minimum Gasteiger partial charge on any atom is -0.462 e. The standard InChI is InChI=1S/C22H32O8/c1-10-4-16(27-11(2)23)22-14(7-13(28-19(22)25)8-21(22)9-26-21)20(10,3)15-5-12-6-17(24)30-18(12)29-15/h10,12-19,24-25H,4-9H2,1-3H3/t10-,12+,13-,14-,15+,16+,17-,18-,19+,20+,21+,22+/m1/s1. The lowest BCUT2D eigenvalue weighted by Crippen LogP contribution is -2.76. The van der Waals surface area contributed by atoms with Gasteiger partial charge in [-0.3, -0.25) is 4.79 Å². The molecule has 2 bridgehead atoms. The number of hydrogen-bond donors (Lipinski definition) is 2. The van der Waals surface area contributed by atoms with Gasteiger partial charge in [-0.05, 0) is 31.1 Å². The van der Waals surface area contributed by atoms with Gasteiger partial charge in [0.25, 0.3) is 0 Å². The summed E-state index contributed by atoms with van der Waals surface area (Å²) >= 11 is 0. The Labute approximate surface area is 176 Å². The highest BCUT2D eigenvalue weighted by molar-refractivity contribution is 5.66. The molecule has 2 saturated carbocycles. The smallest absolute Gasteiger partial charge is 0.302 e. The molecule has 7 rings (SSSR count). The molecule has 8 heteroatoms. The summed E-state index contributed by atoms with van der Waals surface area (Å²) in [6.45, 7) is 6.46. The van der Waals surface area contributed by atoms with Gasteiger partial charge in [0.15, 0.2) is 18.9 Å². The van der Waals surface area contributed by atoms with Crippen LogP contribution in [0.4, 0.5) is 0 Å². The predicted octanol–water partition coefficient (Wildman–Crippen LogP) is 1.32. The minimum absolute atomic E-state index is 0.0249. The first kappa shape index (κ1) is 19.9. The van der Waals surface area contributed by atoms with Crippen LogP contribution in [0.5, 0.6) is 0 Å². The average molecular weight is 424 g/mol. The monoisotopic (exact) mass is 424 g/mol. The number of aliphatic hydroxyl groups is 2. The Hall–Kier alpha value is -0.770. The highest BCUT2D eigenvalue weighted by atomic mass is 16.7. The Kier molecular flexibility index (Phi) is 4.09. The Bertz CT molecular complexity index is 739. The van der Waals surface area contributed by atoms with Crippen molar-refractivity contribution in [2.45, 2.75) is 95.7 Å². The van der Waals surface area contributed by atoms with Crippen molar-refractivity contribution in [2.75, 3.05) is 6.61 Å². The number of aliphatic hydroxyl groups excluding tert-OH is 2. The van der Waals surface area contributed by atoms with E-state index in [0.717, 1.165) is 19.3 Å². The number of epoxide rings is 1. The molecule has 30 heavy (non-hydrogen) atoms. The summed E-state index contributed by atoms with van der Waals surface area (Å²) in [4.78, 5) is 12.0. The van der Waals surface area contributed by atoms with Crippen molar-refractivity contribution < 1.29 is 38.7 Å². The summed E-state index contributed by atoms with van der Waals surface area (Å²) in [5, 5.41) is 21.1. The summed E-state index contributed by atoms with van der Waals surface area (Å²) < 4.78 is 30.0. The van der Waals surface area contributed by atoms with Crippen LogP contribution in [0.15, 0.2) is 0 Å². The molecule has 7 fully saturated rings. The van der Waals surface area contributed by atoms with Crippen molar-refractivity contribution in [1.82, 2.24) is 0 Å². The molecule has 5 saturated heterocycles. The number of rotatable bonds is 2. The van der Waals surface area contributed by atoms with Crippen LogP contribution >= 0.6 is 0 Å². The van der Waals surface area contributed by atoms with E-state index in [0.29, 0.717) is 19.4 Å². The van der Waals surface area contributed by atoms with E-state index in [9.17, 15) is 15.0 Å². The van der Waals surface area contributed by atoms with Crippen molar-refractivity contribution in [2.24, 2.45) is 28.6 Å². The fraction of sp³-hybridized carbons (Fsp3) is 0.955. The lowest BCUT2D eigenvalue weighted by Gasteiger charge is -2.68. The third-order valence-electron chi connectivity index (χ3n) is 9.56. The maximum absolute atomic E-state index is 12.0. The lowest BCUT2D eigenvalue weighted by molar-refractivity contribution is -0.375. The first-order valence-electron chi connectivity index (χ1n) is 11.3. The highest BCUT2D eigenvalue weighted by Crippen LogP contribution is 2.73. The molecule has 2 aliphatic carbocycles. The van der Waals surface area contributed by atoms with Gasteiger partial charge in [-0.1, -0.05) is 13.8 Å². The maximum atomic E-state index is 12.0. The fourth-order valence-electron chi connectivity index (χ4n) is 8.04. The summed E-state index contributed by atoms with van der Waals surface area (Å²) in [5.74, 6) is 0.0725. The molecule has 8 nitrogen and oxygen atoms in total. The lowest BCUT2D eigenvalue weighted by atomic mass is 9.40. The third kappa shape index (κ3) is 2.30. The Morgan fingerprint density at radius 3 is 2.53 bits per heavy atom. The van der Waals surface area contributed by atoms with Gasteiger partial charge in [-0.15, -0.1) is 0 Å². The summed E-state index contributed by atoms with van der Waals surface area (Å²) in [6.07, 6.45) is 0.824. The molecule has 5 aliphatic heterocycles. The van der Waals surface area contributed by atoms with Crippen LogP contribution < -0.4 is 0 Å². The normalized spacial score (nSPS) is 61.0. The summed E-state index contributed by atoms with van der Waals surface area (Å²) in [7, 11) is 0. The van der Waals surface area contributed by atoms with Crippen molar-refractivity contribution in [1.29, 1.82) is 0 Å². The topological polar surface area (TPSA) is 107 Å². The molecule has 12 atom stereocenters. The second-order valence-corrected chi connectivity index (χ2v) is 10.7. The zero-order valence-electron chi connectivity index (χ0n) is 17.8. The first-order valence-corrected chi connectivity index (χ1v) is 11.3. The molecule has 0 aromatic heterocycles. The van der Waals surface area contributed by atoms with Crippen molar-refractivity contribution in [3.05, 3.63) is 0 Å². The number of hydrogen-bond acceptors (Lipinski definition) is 8. The zero-order chi connectivity index (χ0) is 21.1. The molecule has 7 aliphatic rings. The SMILES string of the molecule is CC(=O)O[C@H]1C[C@@H](C)[C@](C)([C@@H]2C[C@H]3C[C@H](O)O[C@H]3O2)[C@H]2C[C@@H]3C[C@]4(CO4)[C@]12[C@@H](O)O3. The molecule has 5 heterocycles. The van der Waals surface area contributed by atoms with Crippen LogP contribution in [0.1, 0.15) is 52.9 Å². The van der Waals surface area contributed by atoms with Gasteiger partial charge in [-0.25, -0.2) is 0 Å². The van der Waals surface area contributed by atoms with E-state index in [-0.39, 0.29) is 47.6 Å². The number of carbonyl (C=O) groups excluding carboxylic acids is 1. The molecule has 0 aromatic carbocycles. The quantitative estimate of drug-likeness (QED) is 0.505. The van der Waals surface area contributed by atoms with Gasteiger partial charge in [-0.2, -0.15) is 0 Å². The van der Waals surface area contributed by atoms with Gasteiger partial charge < -0.3 is 33.9 Å². The van der Waals surface area contributed by atoms with Crippen molar-refractivity contribution in [3.8, 4) is 0 Å². The minimum atomic E-state index is -1.03. The number of ether oxygens (including phenoxy) is 5. The molecule has 2 spiro atoms. The molecular weight excluding hydrogens is 392 g/mol. The van der Waals surface area contributed by atoms with Crippen molar-refractivity contribution in [3.63, 3.8) is 0 Å². The predicted molar refractivity (Wildman–Crippen MR) is 101 cm³/mol. The molecule has 0 amide bonds. The van der Waals surface area contributed by atoms with E-state index in [1.165, 1.54) is 6.92 Å². The molecule has 168 valence electrons. The molecule has 0 aromatic rings. The van der Waals surface area contributed by atoms with Crippen molar-refractivity contribution >= 4 is 5.97 Å². The van der Waals surface area contributed by atoms with Crippen LogP contribution in [0.25, 0.3) is 0 Å². The van der Waals surface area contributed by atoms with E-state index in [1.807, 2.05) is 0 Å². The molecular formula is C22H32O8. The van der Waals surface area contributed by atoms with Gasteiger partial charge in [0.2, 0.25) is 0 Å². The van der Waals surface area contributed by atoms with Crippen LogP contribution in [0.3, 0.4) is 0 Å². The van der Waals surface area contributed by atoms with Gasteiger partial charge in [0, 0.05) is 31.1 Å². The largest absolute Gasteiger partial charge is 0.462 e. The Balaban J connectivity index is 1.42. The van der Waals surface area contributed by atoms with Crippen LogP contribution in [0, 0.1) is 28.6 Å². The van der Waals surface area contributed by atoms with E-state index in [2.05, 4.69) is 13.8 Å². The number of fused-ring (bicyclic) bond motifs is 2. The second-order valence-electron chi connectivity index (χ2n) is 10.7. The van der Waals surface area contributed by atoms with E-state index < -0.39 is 29.7 Å². The Morgan fingerprint density at radius 1 is 1.10 bits per heavy atom. The van der Waals surface area contributed by atoms with Crippen LogP contribution in [-0.2, 0) is 28.5 Å². The third-order valence-corrected chi connectivity index (χ3v) is 9.56. The van der Waals surface area contributed by atoms with Gasteiger partial charge in [0.1, 0.15) is 11.7 Å². The molecule has 0 unspecified atom stereocenters. The van der Waals surface area contributed by atoms with Gasteiger partial charge in [0.05, 0.1) is 24.2 Å². The molecule has 2 N–H and O–H groups in total. The van der Waals surface area contributed by atoms with Crippen LogP contribution in [-0.4, -0.2) is 65.6 Å². The maximum Gasteiger partial charge on any atom is 0.302 e.